The molecule has 0 aromatic carbocycles. The number of aliphatic hydroxyl groups excluding tert-OH is 1. The van der Waals surface area contributed by atoms with Crippen molar-refractivity contribution in [2.75, 3.05) is 32.9 Å². The van der Waals surface area contributed by atoms with E-state index in [0.717, 1.165) is 6.54 Å². The molecule has 0 unspecified atom stereocenters. The second-order valence-electron chi connectivity index (χ2n) is 3.90. The summed E-state index contributed by atoms with van der Waals surface area (Å²) in [5.41, 5.74) is 0. The highest BCUT2D eigenvalue weighted by atomic mass is 16.5. The first kappa shape index (κ1) is 12.4. The van der Waals surface area contributed by atoms with Crippen LogP contribution in [0.5, 0.6) is 0 Å². The van der Waals surface area contributed by atoms with Gasteiger partial charge in [0.1, 0.15) is 0 Å². The Labute approximate surface area is 91.4 Å². The molecule has 1 saturated carbocycles. The summed E-state index contributed by atoms with van der Waals surface area (Å²) >= 11 is 0. The molecule has 0 spiro atoms. The van der Waals surface area contributed by atoms with E-state index in [-0.39, 0.29) is 6.61 Å². The Morgan fingerprint density at radius 1 is 1.33 bits per heavy atom. The first-order valence-corrected chi connectivity index (χ1v) is 5.68. The van der Waals surface area contributed by atoms with Crippen LogP contribution in [-0.2, 0) is 4.74 Å². The Bertz CT molecular complexity index is 197. The van der Waals surface area contributed by atoms with E-state index in [1.165, 1.54) is 25.7 Å². The lowest BCUT2D eigenvalue weighted by molar-refractivity contribution is 0.0674. The van der Waals surface area contributed by atoms with Crippen molar-refractivity contribution >= 4 is 0 Å². The number of nitrogens with zero attached hydrogens (tertiary/aromatic N) is 2. The van der Waals surface area contributed by atoms with E-state index in [1.807, 2.05) is 0 Å². The Hall–Kier alpha value is -0.630. The molecule has 0 aromatic rings. The summed E-state index contributed by atoms with van der Waals surface area (Å²) < 4.78 is 5.22. The molecule has 1 N–H and O–H groups in total. The van der Waals surface area contributed by atoms with Gasteiger partial charge >= 0.3 is 0 Å². The first-order chi connectivity index (χ1) is 7.38. The van der Waals surface area contributed by atoms with E-state index in [9.17, 15) is 0 Å². The number of rotatable bonds is 7. The maximum absolute atomic E-state index is 8.73. The van der Waals surface area contributed by atoms with Crippen molar-refractivity contribution in [3.05, 3.63) is 0 Å². The van der Waals surface area contributed by atoms with Crippen LogP contribution in [0.2, 0.25) is 0 Å². The van der Waals surface area contributed by atoms with E-state index < -0.39 is 0 Å². The van der Waals surface area contributed by atoms with Crippen LogP contribution in [0.1, 0.15) is 25.7 Å². The topological polar surface area (TPSA) is 56.5 Å². The van der Waals surface area contributed by atoms with Crippen molar-refractivity contribution in [2.24, 2.45) is 0 Å². The number of hydrogen-bond acceptors (Lipinski definition) is 4. The zero-order chi connectivity index (χ0) is 10.9. The van der Waals surface area contributed by atoms with Crippen molar-refractivity contribution in [3.8, 4) is 6.07 Å². The van der Waals surface area contributed by atoms with Crippen LogP contribution in [0.3, 0.4) is 0 Å². The van der Waals surface area contributed by atoms with E-state index in [1.54, 1.807) is 0 Å². The van der Waals surface area contributed by atoms with Crippen LogP contribution in [0, 0.1) is 11.3 Å². The van der Waals surface area contributed by atoms with Gasteiger partial charge in [-0.05, 0) is 12.8 Å². The molecule has 0 aromatic heterocycles. The molecule has 0 heterocycles. The van der Waals surface area contributed by atoms with E-state index >= 15 is 0 Å². The van der Waals surface area contributed by atoms with Crippen LogP contribution in [-0.4, -0.2) is 49.0 Å². The quantitative estimate of drug-likeness (QED) is 0.500. The summed E-state index contributed by atoms with van der Waals surface area (Å²) in [5.74, 6) is 0. The third-order valence-corrected chi connectivity index (χ3v) is 2.87. The standard InChI is InChI=1S/C11H20N2O2/c12-5-6-13(7-9-15-10-8-14)11-3-1-2-4-11/h11,14H,1-4,6-10H2. The van der Waals surface area contributed by atoms with Crippen molar-refractivity contribution in [3.63, 3.8) is 0 Å². The molecule has 0 aliphatic heterocycles. The summed E-state index contributed by atoms with van der Waals surface area (Å²) in [4.78, 5) is 2.20. The lowest BCUT2D eigenvalue weighted by Gasteiger charge is -2.25. The van der Waals surface area contributed by atoms with Crippen molar-refractivity contribution in [1.29, 1.82) is 5.26 Å². The van der Waals surface area contributed by atoms with Crippen LogP contribution in [0.25, 0.3) is 0 Å². The minimum absolute atomic E-state index is 0.0711. The fourth-order valence-electron chi connectivity index (χ4n) is 2.10. The van der Waals surface area contributed by atoms with Crippen molar-refractivity contribution in [1.82, 2.24) is 4.90 Å². The normalized spacial score (nSPS) is 17.1. The number of nitriles is 1. The summed E-state index contributed by atoms with van der Waals surface area (Å²) in [6, 6.07) is 2.78. The zero-order valence-corrected chi connectivity index (χ0v) is 9.19. The predicted octanol–water partition coefficient (Wildman–Crippen LogP) is 0.763. The molecule has 1 rings (SSSR count). The Kier molecular flexibility index (Phi) is 6.33. The van der Waals surface area contributed by atoms with Crippen molar-refractivity contribution in [2.45, 2.75) is 31.7 Å². The highest BCUT2D eigenvalue weighted by Crippen LogP contribution is 2.22. The minimum atomic E-state index is 0.0711. The van der Waals surface area contributed by atoms with Gasteiger partial charge in [0.15, 0.2) is 0 Å². The molecule has 1 fully saturated rings. The van der Waals surface area contributed by atoms with Crippen molar-refractivity contribution < 1.29 is 9.84 Å². The van der Waals surface area contributed by atoms with Gasteiger partial charge in [0, 0.05) is 12.6 Å². The van der Waals surface area contributed by atoms with Gasteiger partial charge in [-0.3, -0.25) is 4.90 Å². The van der Waals surface area contributed by atoms with Crippen LogP contribution in [0.4, 0.5) is 0 Å². The molecular weight excluding hydrogens is 192 g/mol. The first-order valence-electron chi connectivity index (χ1n) is 5.68. The maximum Gasteiger partial charge on any atom is 0.0869 e. The zero-order valence-electron chi connectivity index (χ0n) is 9.19. The number of ether oxygens (including phenoxy) is 1. The van der Waals surface area contributed by atoms with E-state index in [4.69, 9.17) is 15.1 Å². The highest BCUT2D eigenvalue weighted by Gasteiger charge is 2.21. The monoisotopic (exact) mass is 212 g/mol. The molecule has 4 heteroatoms. The molecule has 0 bridgehead atoms. The lowest BCUT2D eigenvalue weighted by atomic mass is 10.2. The third kappa shape index (κ3) is 4.61. The fourth-order valence-corrected chi connectivity index (χ4v) is 2.10. The van der Waals surface area contributed by atoms with Crippen LogP contribution in [0.15, 0.2) is 0 Å². The number of aliphatic hydroxyl groups is 1. The smallest absolute Gasteiger partial charge is 0.0869 e. The molecule has 0 saturated heterocycles. The van der Waals surface area contributed by atoms with Gasteiger partial charge in [0.05, 0.1) is 32.4 Å². The Balaban J connectivity index is 2.21. The molecular formula is C11H20N2O2. The van der Waals surface area contributed by atoms with Gasteiger partial charge < -0.3 is 9.84 Å². The van der Waals surface area contributed by atoms with Gasteiger partial charge in [0.25, 0.3) is 0 Å². The Morgan fingerprint density at radius 2 is 2.07 bits per heavy atom. The average Bonchev–Trinajstić information content (AvgIpc) is 2.76. The fraction of sp³-hybridized carbons (Fsp3) is 0.909. The number of hydrogen-bond donors (Lipinski definition) is 1. The largest absolute Gasteiger partial charge is 0.394 e. The molecule has 1 aliphatic rings. The third-order valence-electron chi connectivity index (χ3n) is 2.87. The second-order valence-corrected chi connectivity index (χ2v) is 3.90. The SMILES string of the molecule is N#CCN(CCOCCO)C1CCCC1. The van der Waals surface area contributed by atoms with Gasteiger partial charge in [-0.1, -0.05) is 12.8 Å². The minimum Gasteiger partial charge on any atom is -0.394 e. The van der Waals surface area contributed by atoms with Gasteiger partial charge in [-0.2, -0.15) is 5.26 Å². The summed E-state index contributed by atoms with van der Waals surface area (Å²) in [6.45, 7) is 2.37. The maximum atomic E-state index is 8.73. The molecule has 0 atom stereocenters. The summed E-state index contributed by atoms with van der Waals surface area (Å²) in [7, 11) is 0. The van der Waals surface area contributed by atoms with Crippen LogP contribution >= 0.6 is 0 Å². The van der Waals surface area contributed by atoms with Gasteiger partial charge in [0.2, 0.25) is 0 Å². The molecule has 86 valence electrons. The highest BCUT2D eigenvalue weighted by molar-refractivity contribution is 4.84. The summed E-state index contributed by atoms with van der Waals surface area (Å²) in [6.07, 6.45) is 4.98. The lowest BCUT2D eigenvalue weighted by Crippen LogP contribution is -2.36. The van der Waals surface area contributed by atoms with Gasteiger partial charge in [-0.25, -0.2) is 0 Å². The van der Waals surface area contributed by atoms with Crippen LogP contribution < -0.4 is 0 Å². The molecule has 4 nitrogen and oxygen atoms in total. The van der Waals surface area contributed by atoms with E-state index in [0.29, 0.717) is 25.8 Å². The second kappa shape index (κ2) is 7.63. The van der Waals surface area contributed by atoms with Gasteiger partial charge in [-0.15, -0.1) is 0 Å². The van der Waals surface area contributed by atoms with E-state index in [2.05, 4.69) is 11.0 Å². The molecule has 0 radical (unpaired) electrons. The molecule has 15 heavy (non-hydrogen) atoms. The predicted molar refractivity (Wildman–Crippen MR) is 57.3 cm³/mol. The summed E-state index contributed by atoms with van der Waals surface area (Å²) in [5, 5.41) is 17.3. The Morgan fingerprint density at radius 3 is 2.67 bits per heavy atom. The molecule has 0 amide bonds. The molecule has 1 aliphatic carbocycles. The average molecular weight is 212 g/mol.